The van der Waals surface area contributed by atoms with Crippen molar-refractivity contribution in [3.05, 3.63) is 45.8 Å². The van der Waals surface area contributed by atoms with Gasteiger partial charge in [0.15, 0.2) is 0 Å². The molecule has 2 heterocycles. The van der Waals surface area contributed by atoms with Crippen LogP contribution in [0.3, 0.4) is 0 Å². The molecule has 1 amide bonds. The molecule has 2 N–H and O–H groups in total. The monoisotopic (exact) mass is 437 g/mol. The van der Waals surface area contributed by atoms with Gasteiger partial charge in [-0.3, -0.25) is 4.79 Å². The smallest absolute Gasteiger partial charge is 0.387 e. The molecule has 1 aromatic carbocycles. The number of fused-ring (bicyclic) bond motifs is 1. The van der Waals surface area contributed by atoms with E-state index in [0.717, 1.165) is 42.9 Å². The number of anilines is 1. The van der Waals surface area contributed by atoms with Crippen molar-refractivity contribution in [1.29, 1.82) is 0 Å². The fourth-order valence-corrected chi connectivity index (χ4v) is 5.89. The Hall–Kier alpha value is -2.03. The molecule has 0 spiro atoms. The van der Waals surface area contributed by atoms with Crippen molar-refractivity contribution in [3.8, 4) is 5.75 Å². The number of morpholine rings is 1. The zero-order chi connectivity index (χ0) is 21.1. The summed E-state index contributed by atoms with van der Waals surface area (Å²) in [7, 11) is 0. The number of rotatable bonds is 6. The second kappa shape index (κ2) is 9.41. The second-order valence-electron chi connectivity index (χ2n) is 7.79. The van der Waals surface area contributed by atoms with Gasteiger partial charge in [0.25, 0.3) is 0 Å². The first-order valence-corrected chi connectivity index (χ1v) is 11.2. The van der Waals surface area contributed by atoms with Crippen LogP contribution in [0.25, 0.3) is 0 Å². The van der Waals surface area contributed by atoms with Crippen molar-refractivity contribution in [2.75, 3.05) is 31.6 Å². The molecule has 1 aliphatic heterocycles. The zero-order valence-corrected chi connectivity index (χ0v) is 17.8. The van der Waals surface area contributed by atoms with Crippen LogP contribution in [0.1, 0.15) is 47.4 Å². The van der Waals surface area contributed by atoms with Crippen LogP contribution < -0.4 is 15.0 Å². The van der Waals surface area contributed by atoms with Gasteiger partial charge in [-0.1, -0.05) is 0 Å². The number of thiophene rings is 1. The van der Waals surface area contributed by atoms with Crippen LogP contribution in [0.4, 0.5) is 13.8 Å². The number of carbonyl (C=O) groups is 1. The van der Waals surface area contributed by atoms with Crippen molar-refractivity contribution >= 4 is 22.2 Å². The standard InChI is InChI=1S/C22H26F2N2O3S/c1-14(27)25-21-19(17-4-2-3-5-18(17)30-21)20(26-10-12-28-13-11-26)15-6-8-16(9-7-15)29-22(23)24/h6-9,20,22H,2-5,10-13H2,1H3,(H,25,27)/p+1/t20-/m0/s1. The predicted molar refractivity (Wildman–Crippen MR) is 112 cm³/mol. The number of amides is 1. The Balaban J connectivity index is 1.78. The summed E-state index contributed by atoms with van der Waals surface area (Å²) in [5.41, 5.74) is 3.57. The topological polar surface area (TPSA) is 52.0 Å². The molecule has 5 nitrogen and oxygen atoms in total. The summed E-state index contributed by atoms with van der Waals surface area (Å²) in [4.78, 5) is 14.7. The molecule has 8 heteroatoms. The van der Waals surface area contributed by atoms with Gasteiger partial charge in [0.1, 0.15) is 29.9 Å². The quantitative estimate of drug-likeness (QED) is 0.730. The van der Waals surface area contributed by atoms with E-state index in [1.165, 1.54) is 34.2 Å². The van der Waals surface area contributed by atoms with E-state index in [-0.39, 0.29) is 17.7 Å². The fourth-order valence-electron chi connectivity index (χ4n) is 4.52. The Labute approximate surface area is 179 Å². The van der Waals surface area contributed by atoms with Gasteiger partial charge in [-0.2, -0.15) is 8.78 Å². The summed E-state index contributed by atoms with van der Waals surface area (Å²) in [6, 6.07) is 6.95. The summed E-state index contributed by atoms with van der Waals surface area (Å²) in [5.74, 6) is 0.0742. The van der Waals surface area contributed by atoms with Crippen molar-refractivity contribution in [1.82, 2.24) is 0 Å². The maximum absolute atomic E-state index is 12.6. The van der Waals surface area contributed by atoms with Crippen LogP contribution in [-0.4, -0.2) is 38.8 Å². The van der Waals surface area contributed by atoms with Gasteiger partial charge < -0.3 is 19.7 Å². The van der Waals surface area contributed by atoms with Crippen LogP contribution in [0.2, 0.25) is 0 Å². The minimum atomic E-state index is -2.84. The van der Waals surface area contributed by atoms with E-state index in [1.54, 1.807) is 23.5 Å². The highest BCUT2D eigenvalue weighted by atomic mass is 32.1. The number of carbonyl (C=O) groups excluding carboxylic acids is 1. The maximum Gasteiger partial charge on any atom is 0.387 e. The van der Waals surface area contributed by atoms with Crippen LogP contribution in [0.15, 0.2) is 24.3 Å². The van der Waals surface area contributed by atoms with Gasteiger partial charge in [0.05, 0.1) is 18.8 Å². The average Bonchev–Trinajstić information content (AvgIpc) is 3.07. The van der Waals surface area contributed by atoms with Crippen molar-refractivity contribution in [2.45, 2.75) is 45.3 Å². The molecule has 2 aromatic rings. The van der Waals surface area contributed by atoms with E-state index in [4.69, 9.17) is 4.74 Å². The third kappa shape index (κ3) is 4.66. The van der Waals surface area contributed by atoms with Crippen LogP contribution in [0, 0.1) is 0 Å². The molecule has 1 saturated heterocycles. The lowest BCUT2D eigenvalue weighted by Gasteiger charge is -2.33. The third-order valence-electron chi connectivity index (χ3n) is 5.77. The lowest BCUT2D eigenvalue weighted by atomic mass is 9.88. The number of hydrogen-bond donors (Lipinski definition) is 2. The molecule has 30 heavy (non-hydrogen) atoms. The van der Waals surface area contributed by atoms with Gasteiger partial charge >= 0.3 is 6.61 Å². The molecule has 1 fully saturated rings. The number of nitrogens with one attached hydrogen (secondary N) is 2. The lowest BCUT2D eigenvalue weighted by molar-refractivity contribution is -0.933. The van der Waals surface area contributed by atoms with E-state index < -0.39 is 6.61 Å². The number of ether oxygens (including phenoxy) is 2. The normalized spacial score (nSPS) is 18.1. The van der Waals surface area contributed by atoms with Gasteiger partial charge in [0.2, 0.25) is 5.91 Å². The molecule has 1 atom stereocenters. The molecule has 1 aliphatic carbocycles. The minimum Gasteiger partial charge on any atom is -0.435 e. The molecule has 162 valence electrons. The first kappa shape index (κ1) is 21.2. The van der Waals surface area contributed by atoms with Gasteiger partial charge in [-0.25, -0.2) is 0 Å². The van der Waals surface area contributed by atoms with Crippen LogP contribution in [-0.2, 0) is 22.4 Å². The van der Waals surface area contributed by atoms with E-state index >= 15 is 0 Å². The van der Waals surface area contributed by atoms with E-state index in [1.807, 2.05) is 12.1 Å². The molecule has 1 aromatic heterocycles. The Bertz CT molecular complexity index is 879. The number of alkyl halides is 2. The van der Waals surface area contributed by atoms with E-state index in [2.05, 4.69) is 10.1 Å². The zero-order valence-electron chi connectivity index (χ0n) is 17.0. The second-order valence-corrected chi connectivity index (χ2v) is 8.89. The van der Waals surface area contributed by atoms with Crippen molar-refractivity contribution in [2.24, 2.45) is 0 Å². The summed E-state index contributed by atoms with van der Waals surface area (Å²) in [6.07, 6.45) is 4.36. The molecule has 4 rings (SSSR count). The summed E-state index contributed by atoms with van der Waals surface area (Å²) in [6.45, 7) is 1.76. The highest BCUT2D eigenvalue weighted by Gasteiger charge is 2.35. The van der Waals surface area contributed by atoms with Gasteiger partial charge in [0, 0.05) is 17.4 Å². The molecular formula is C22H27F2N2O3S+. The summed E-state index contributed by atoms with van der Waals surface area (Å²) < 4.78 is 35.3. The largest absolute Gasteiger partial charge is 0.435 e. The number of halogens is 2. The average molecular weight is 438 g/mol. The van der Waals surface area contributed by atoms with E-state index in [9.17, 15) is 13.6 Å². The van der Waals surface area contributed by atoms with Gasteiger partial charge in [-0.05, 0) is 55.5 Å². The molecule has 0 radical (unpaired) electrons. The maximum atomic E-state index is 12.6. The summed E-state index contributed by atoms with van der Waals surface area (Å²) in [5, 5.41) is 3.99. The molecular weight excluding hydrogens is 410 g/mol. The fraction of sp³-hybridized carbons (Fsp3) is 0.500. The number of hydrogen-bond acceptors (Lipinski definition) is 4. The first-order chi connectivity index (χ1) is 14.5. The predicted octanol–water partition coefficient (Wildman–Crippen LogP) is 3.19. The Morgan fingerprint density at radius 1 is 1.17 bits per heavy atom. The molecule has 0 saturated carbocycles. The Morgan fingerprint density at radius 2 is 1.87 bits per heavy atom. The highest BCUT2D eigenvalue weighted by Crippen LogP contribution is 2.42. The molecule has 0 unspecified atom stereocenters. The van der Waals surface area contributed by atoms with Crippen LogP contribution in [0.5, 0.6) is 5.75 Å². The van der Waals surface area contributed by atoms with Crippen molar-refractivity contribution in [3.63, 3.8) is 0 Å². The number of benzene rings is 1. The highest BCUT2D eigenvalue weighted by molar-refractivity contribution is 7.16. The minimum absolute atomic E-state index is 0.00875. The van der Waals surface area contributed by atoms with E-state index in [0.29, 0.717) is 13.2 Å². The first-order valence-electron chi connectivity index (χ1n) is 10.4. The Kier molecular flexibility index (Phi) is 6.65. The van der Waals surface area contributed by atoms with Crippen molar-refractivity contribution < 1.29 is 27.9 Å². The SMILES string of the molecule is CC(=O)Nc1sc2c(c1[C@H](c1ccc(OC(F)F)cc1)[NH+]1CCOCC1)CCCC2. The number of aryl methyl sites for hydroxylation is 1. The molecule has 2 aliphatic rings. The Morgan fingerprint density at radius 3 is 2.53 bits per heavy atom. The molecule has 0 bridgehead atoms. The number of quaternary nitrogens is 1. The third-order valence-corrected chi connectivity index (χ3v) is 7.00. The van der Waals surface area contributed by atoms with Gasteiger partial charge in [-0.15, -0.1) is 11.3 Å². The lowest BCUT2D eigenvalue weighted by Crippen LogP contribution is -3.14. The summed E-state index contributed by atoms with van der Waals surface area (Å²) >= 11 is 1.69. The van der Waals surface area contributed by atoms with Crippen LogP contribution >= 0.6 is 11.3 Å².